The van der Waals surface area contributed by atoms with Gasteiger partial charge in [0.1, 0.15) is 17.9 Å². The quantitative estimate of drug-likeness (QED) is 0.355. The number of carbonyl (C=O) groups excluding carboxylic acids is 1. The number of hydrogen-bond donors (Lipinski definition) is 2. The molecule has 0 unspecified atom stereocenters. The third kappa shape index (κ3) is 4.99. The summed E-state index contributed by atoms with van der Waals surface area (Å²) in [5, 5.41) is 6.58. The van der Waals surface area contributed by atoms with E-state index in [0.29, 0.717) is 22.0 Å². The molecule has 31 heavy (non-hydrogen) atoms. The Kier molecular flexibility index (Phi) is 6.11. The van der Waals surface area contributed by atoms with Crippen LogP contribution in [0.4, 0.5) is 20.9 Å². The largest absolute Gasteiger partial charge is 0.497 e. The summed E-state index contributed by atoms with van der Waals surface area (Å²) in [5.41, 5.74) is 2.14. The Morgan fingerprint density at radius 2 is 1.97 bits per heavy atom. The van der Waals surface area contributed by atoms with Crippen molar-refractivity contribution in [1.82, 2.24) is 9.97 Å². The second kappa shape index (κ2) is 9.11. The minimum atomic E-state index is -0.496. The van der Waals surface area contributed by atoms with Crippen LogP contribution in [0.25, 0.3) is 16.3 Å². The molecule has 2 heterocycles. The lowest BCUT2D eigenvalue weighted by Crippen LogP contribution is -2.05. The minimum absolute atomic E-state index is 0.0121. The number of benzene rings is 2. The maximum absolute atomic E-state index is 13.4. The number of methoxy groups -OCH3 is 1. The number of rotatable bonds is 6. The summed E-state index contributed by atoms with van der Waals surface area (Å²) in [6.07, 6.45) is 4.59. The van der Waals surface area contributed by atoms with Crippen molar-refractivity contribution in [3.8, 4) is 5.75 Å². The van der Waals surface area contributed by atoms with E-state index in [2.05, 4.69) is 20.6 Å². The minimum Gasteiger partial charge on any atom is -0.497 e. The predicted octanol–water partition coefficient (Wildman–Crippen LogP) is 5.89. The molecule has 6 nitrogen and oxygen atoms in total. The highest BCUT2D eigenvalue weighted by Crippen LogP contribution is 2.34. The van der Waals surface area contributed by atoms with Gasteiger partial charge in [-0.15, -0.1) is 11.3 Å². The van der Waals surface area contributed by atoms with E-state index in [9.17, 15) is 9.18 Å². The molecule has 4 aromatic rings. The Labute approximate surface area is 186 Å². The van der Waals surface area contributed by atoms with Crippen molar-refractivity contribution < 1.29 is 13.9 Å². The monoisotopic (exact) mass is 454 g/mol. The van der Waals surface area contributed by atoms with Gasteiger partial charge >= 0.3 is 0 Å². The first-order valence-corrected chi connectivity index (χ1v) is 10.3. The summed E-state index contributed by atoms with van der Waals surface area (Å²) >= 11 is 7.17. The van der Waals surface area contributed by atoms with E-state index in [0.717, 1.165) is 16.0 Å². The number of nitrogens with one attached hydrogen (secondary N) is 2. The van der Waals surface area contributed by atoms with Crippen molar-refractivity contribution in [2.75, 3.05) is 17.7 Å². The van der Waals surface area contributed by atoms with Crippen molar-refractivity contribution in [1.29, 1.82) is 0 Å². The summed E-state index contributed by atoms with van der Waals surface area (Å²) in [6, 6.07) is 13.5. The van der Waals surface area contributed by atoms with Crippen molar-refractivity contribution in [2.45, 2.75) is 0 Å². The first kappa shape index (κ1) is 20.8. The summed E-state index contributed by atoms with van der Waals surface area (Å²) in [7, 11) is 1.60. The Bertz CT molecular complexity index is 1270. The molecule has 2 N–H and O–H groups in total. The SMILES string of the molecule is COc1ccc(/C=C/C(=O)Nc2cc3ncnc(Nc4ccc(F)c(Cl)c4)c3s2)cc1. The van der Waals surface area contributed by atoms with Crippen molar-refractivity contribution in [2.24, 2.45) is 0 Å². The first-order valence-electron chi connectivity index (χ1n) is 9.11. The molecule has 0 radical (unpaired) electrons. The molecule has 0 atom stereocenters. The number of halogens is 2. The van der Waals surface area contributed by atoms with E-state index in [1.54, 1.807) is 25.3 Å². The molecule has 2 aromatic heterocycles. The van der Waals surface area contributed by atoms with Crippen LogP contribution in [0.3, 0.4) is 0 Å². The molecular formula is C22H16ClFN4O2S. The van der Waals surface area contributed by atoms with Gasteiger partial charge in [0, 0.05) is 11.8 Å². The Morgan fingerprint density at radius 1 is 1.16 bits per heavy atom. The molecule has 0 bridgehead atoms. The van der Waals surface area contributed by atoms with Crippen LogP contribution in [0.15, 0.2) is 60.9 Å². The van der Waals surface area contributed by atoms with Gasteiger partial charge in [0.25, 0.3) is 0 Å². The Hall–Kier alpha value is -3.49. The number of hydrogen-bond acceptors (Lipinski definition) is 6. The standard InChI is InChI=1S/C22H16ClFN4O2S/c1-30-15-6-2-13(3-7-15)4-9-19(29)28-20-11-18-21(31-20)22(26-12-25-18)27-14-5-8-17(24)16(23)10-14/h2-12H,1H3,(H,28,29)(H,25,26,27)/b9-4+. The van der Waals surface area contributed by atoms with Crippen LogP contribution in [0.1, 0.15) is 5.56 Å². The van der Waals surface area contributed by atoms with Gasteiger partial charge in [-0.3, -0.25) is 4.79 Å². The van der Waals surface area contributed by atoms with Crippen LogP contribution in [0.2, 0.25) is 5.02 Å². The van der Waals surface area contributed by atoms with Crippen molar-refractivity contribution in [3.63, 3.8) is 0 Å². The molecule has 156 valence electrons. The lowest BCUT2D eigenvalue weighted by Gasteiger charge is -2.06. The second-order valence-corrected chi connectivity index (χ2v) is 7.86. The number of anilines is 3. The van der Waals surface area contributed by atoms with E-state index in [1.807, 2.05) is 24.3 Å². The van der Waals surface area contributed by atoms with Gasteiger partial charge in [-0.05, 0) is 48.0 Å². The lowest BCUT2D eigenvalue weighted by molar-refractivity contribution is -0.111. The highest BCUT2D eigenvalue weighted by molar-refractivity contribution is 7.23. The fraction of sp³-hybridized carbons (Fsp3) is 0.0455. The van der Waals surface area contributed by atoms with Gasteiger partial charge in [-0.2, -0.15) is 0 Å². The highest BCUT2D eigenvalue weighted by Gasteiger charge is 2.11. The zero-order chi connectivity index (χ0) is 21.8. The van der Waals surface area contributed by atoms with Gasteiger partial charge in [-0.25, -0.2) is 14.4 Å². The number of thiophene rings is 1. The smallest absolute Gasteiger partial charge is 0.248 e. The first-order chi connectivity index (χ1) is 15.0. The molecule has 0 aliphatic heterocycles. The van der Waals surface area contributed by atoms with Crippen molar-refractivity contribution in [3.05, 3.63) is 77.3 Å². The summed E-state index contributed by atoms with van der Waals surface area (Å²) in [4.78, 5) is 20.8. The molecule has 1 amide bonds. The molecule has 0 saturated heterocycles. The molecule has 0 fully saturated rings. The summed E-state index contributed by atoms with van der Waals surface area (Å²) < 4.78 is 19.3. The van der Waals surface area contributed by atoms with Crippen LogP contribution in [0, 0.1) is 5.82 Å². The Balaban J connectivity index is 1.49. The summed E-state index contributed by atoms with van der Waals surface area (Å²) in [6.45, 7) is 0. The second-order valence-electron chi connectivity index (χ2n) is 6.40. The van der Waals surface area contributed by atoms with E-state index in [4.69, 9.17) is 16.3 Å². The number of ether oxygens (including phenoxy) is 1. The number of carbonyl (C=O) groups is 1. The van der Waals surface area contributed by atoms with Gasteiger partial charge in [-0.1, -0.05) is 23.7 Å². The average Bonchev–Trinajstić information content (AvgIpc) is 3.18. The fourth-order valence-corrected chi connectivity index (χ4v) is 3.90. The van der Waals surface area contributed by atoms with Gasteiger partial charge in [0.05, 0.1) is 27.4 Å². The highest BCUT2D eigenvalue weighted by atomic mass is 35.5. The van der Waals surface area contributed by atoms with E-state index >= 15 is 0 Å². The number of nitrogens with zero attached hydrogens (tertiary/aromatic N) is 2. The lowest BCUT2D eigenvalue weighted by atomic mass is 10.2. The molecule has 0 aliphatic carbocycles. The van der Waals surface area contributed by atoms with Crippen molar-refractivity contribution >= 4 is 61.6 Å². The molecule has 0 aliphatic rings. The molecule has 0 saturated carbocycles. The van der Waals surface area contributed by atoms with Crippen LogP contribution >= 0.6 is 22.9 Å². The third-order valence-electron chi connectivity index (χ3n) is 4.28. The van der Waals surface area contributed by atoms with E-state index in [1.165, 1.54) is 35.9 Å². The number of fused-ring (bicyclic) bond motifs is 1. The van der Waals surface area contributed by atoms with E-state index < -0.39 is 5.82 Å². The molecular weight excluding hydrogens is 439 g/mol. The normalized spacial score (nSPS) is 11.1. The van der Waals surface area contributed by atoms with Gasteiger partial charge < -0.3 is 15.4 Å². The maximum Gasteiger partial charge on any atom is 0.248 e. The van der Waals surface area contributed by atoms with Gasteiger partial charge in [0.15, 0.2) is 5.82 Å². The Morgan fingerprint density at radius 3 is 2.71 bits per heavy atom. The predicted molar refractivity (Wildman–Crippen MR) is 123 cm³/mol. The van der Waals surface area contributed by atoms with Crippen LogP contribution < -0.4 is 15.4 Å². The molecule has 2 aromatic carbocycles. The third-order valence-corrected chi connectivity index (χ3v) is 5.62. The zero-order valence-corrected chi connectivity index (χ0v) is 17.8. The molecule has 0 spiro atoms. The zero-order valence-electron chi connectivity index (χ0n) is 16.2. The van der Waals surface area contributed by atoms with Crippen LogP contribution in [0.5, 0.6) is 5.75 Å². The van der Waals surface area contributed by atoms with Crippen LogP contribution in [-0.4, -0.2) is 23.0 Å². The number of amides is 1. The van der Waals surface area contributed by atoms with Gasteiger partial charge in [0.2, 0.25) is 5.91 Å². The molecule has 9 heteroatoms. The maximum atomic E-state index is 13.4. The average molecular weight is 455 g/mol. The van der Waals surface area contributed by atoms with Crippen LogP contribution in [-0.2, 0) is 4.79 Å². The fourth-order valence-electron chi connectivity index (χ4n) is 2.77. The number of aromatic nitrogens is 2. The topological polar surface area (TPSA) is 76.1 Å². The summed E-state index contributed by atoms with van der Waals surface area (Å²) in [5.74, 6) is 0.520. The van der Waals surface area contributed by atoms with E-state index in [-0.39, 0.29) is 10.9 Å². The molecule has 4 rings (SSSR count).